The molecule has 0 saturated heterocycles. The summed E-state index contributed by atoms with van der Waals surface area (Å²) in [4.78, 5) is 22.6. The summed E-state index contributed by atoms with van der Waals surface area (Å²) in [5.41, 5.74) is 6.15. The minimum Gasteiger partial charge on any atom is -0.491 e. The Labute approximate surface area is 179 Å². The van der Waals surface area contributed by atoms with E-state index < -0.39 is 0 Å². The molecule has 31 heavy (non-hydrogen) atoms. The highest BCUT2D eigenvalue weighted by molar-refractivity contribution is 5.94. The van der Waals surface area contributed by atoms with Crippen molar-refractivity contribution in [1.82, 2.24) is 14.9 Å². The normalized spacial score (nSPS) is 13.2. The van der Waals surface area contributed by atoms with E-state index in [1.165, 1.54) is 0 Å². The Morgan fingerprint density at radius 1 is 1.10 bits per heavy atom. The summed E-state index contributed by atoms with van der Waals surface area (Å²) in [5, 5.41) is 8.97. The maximum Gasteiger partial charge on any atom is 0.254 e. The standard InChI is InChI=1S/C25H20N4O2/c1-16-27-22-8-6-20(13-23(22)28-16)19-7-9-24-21(12-19)15-29(10-11-31-24)25(30)18-4-2-17(14-26)3-5-18/h2-9,12-13H,10-11,15H2,1H3,(H,27,28). The van der Waals surface area contributed by atoms with E-state index in [0.717, 1.165) is 39.3 Å². The fourth-order valence-corrected chi connectivity index (χ4v) is 3.93. The van der Waals surface area contributed by atoms with E-state index in [9.17, 15) is 4.79 Å². The van der Waals surface area contributed by atoms with Gasteiger partial charge in [-0.1, -0.05) is 12.1 Å². The van der Waals surface area contributed by atoms with Crippen LogP contribution in [0.1, 0.15) is 27.3 Å². The lowest BCUT2D eigenvalue weighted by atomic mass is 10.0. The molecule has 1 N–H and O–H groups in total. The molecule has 0 radical (unpaired) electrons. The first-order chi connectivity index (χ1) is 15.1. The molecule has 2 heterocycles. The summed E-state index contributed by atoms with van der Waals surface area (Å²) >= 11 is 0. The number of fused-ring (bicyclic) bond motifs is 2. The molecule has 152 valence electrons. The molecule has 0 unspecified atom stereocenters. The number of ether oxygens (including phenoxy) is 1. The minimum absolute atomic E-state index is 0.0688. The van der Waals surface area contributed by atoms with Gasteiger partial charge in [0.2, 0.25) is 0 Å². The van der Waals surface area contributed by atoms with E-state index >= 15 is 0 Å². The van der Waals surface area contributed by atoms with Gasteiger partial charge in [0.25, 0.3) is 5.91 Å². The second-order valence-electron chi connectivity index (χ2n) is 7.64. The van der Waals surface area contributed by atoms with Gasteiger partial charge in [0.05, 0.1) is 29.2 Å². The van der Waals surface area contributed by atoms with Crippen LogP contribution in [0, 0.1) is 18.3 Å². The maximum absolute atomic E-state index is 13.0. The largest absolute Gasteiger partial charge is 0.491 e. The highest BCUT2D eigenvalue weighted by atomic mass is 16.5. The molecule has 3 aromatic carbocycles. The molecule has 1 aromatic heterocycles. The van der Waals surface area contributed by atoms with Gasteiger partial charge in [-0.3, -0.25) is 4.79 Å². The zero-order valence-electron chi connectivity index (χ0n) is 17.1. The number of aromatic nitrogens is 2. The van der Waals surface area contributed by atoms with E-state index in [4.69, 9.17) is 10.00 Å². The van der Waals surface area contributed by atoms with Crippen molar-refractivity contribution >= 4 is 16.9 Å². The van der Waals surface area contributed by atoms with Crippen LogP contribution in [0.4, 0.5) is 0 Å². The average molecular weight is 408 g/mol. The van der Waals surface area contributed by atoms with Gasteiger partial charge in [0, 0.05) is 17.7 Å². The SMILES string of the molecule is Cc1nc2ccc(-c3ccc4c(c3)CN(C(=O)c3ccc(C#N)cc3)CCO4)cc2[nH]1. The molecule has 0 saturated carbocycles. The summed E-state index contributed by atoms with van der Waals surface area (Å²) in [7, 11) is 0. The predicted molar refractivity (Wildman–Crippen MR) is 118 cm³/mol. The van der Waals surface area contributed by atoms with Crippen LogP contribution in [-0.4, -0.2) is 33.9 Å². The van der Waals surface area contributed by atoms with Crippen LogP contribution in [0.15, 0.2) is 60.7 Å². The summed E-state index contributed by atoms with van der Waals surface area (Å²) in [6.07, 6.45) is 0. The molecule has 0 spiro atoms. The molecule has 6 nitrogen and oxygen atoms in total. The second-order valence-corrected chi connectivity index (χ2v) is 7.64. The van der Waals surface area contributed by atoms with Gasteiger partial charge in [-0.25, -0.2) is 4.98 Å². The van der Waals surface area contributed by atoms with Crippen molar-refractivity contribution in [3.05, 3.63) is 83.2 Å². The fourth-order valence-electron chi connectivity index (χ4n) is 3.93. The Bertz CT molecular complexity index is 1330. The van der Waals surface area contributed by atoms with Crippen LogP contribution in [0.3, 0.4) is 0 Å². The van der Waals surface area contributed by atoms with E-state index in [1.54, 1.807) is 29.2 Å². The van der Waals surface area contributed by atoms with Crippen molar-refractivity contribution in [3.8, 4) is 22.9 Å². The van der Waals surface area contributed by atoms with E-state index in [-0.39, 0.29) is 5.91 Å². The molecular weight excluding hydrogens is 388 g/mol. The van der Waals surface area contributed by atoms with E-state index in [1.807, 2.05) is 25.1 Å². The van der Waals surface area contributed by atoms with Crippen molar-refractivity contribution in [2.75, 3.05) is 13.2 Å². The molecule has 5 rings (SSSR count). The number of hydrogen-bond acceptors (Lipinski definition) is 4. The maximum atomic E-state index is 13.0. The van der Waals surface area contributed by atoms with E-state index in [0.29, 0.717) is 30.8 Å². The van der Waals surface area contributed by atoms with Crippen LogP contribution < -0.4 is 4.74 Å². The zero-order chi connectivity index (χ0) is 21.4. The van der Waals surface area contributed by atoms with Crippen molar-refractivity contribution in [3.63, 3.8) is 0 Å². The number of H-pyrrole nitrogens is 1. The molecule has 0 bridgehead atoms. The summed E-state index contributed by atoms with van der Waals surface area (Å²) < 4.78 is 5.91. The van der Waals surface area contributed by atoms with Crippen molar-refractivity contribution in [2.45, 2.75) is 13.5 Å². The number of carbonyl (C=O) groups excluding carboxylic acids is 1. The average Bonchev–Trinajstić information content (AvgIpc) is 3.04. The summed E-state index contributed by atoms with van der Waals surface area (Å²) in [5.74, 6) is 1.62. The molecule has 1 aliphatic rings. The first kappa shape index (κ1) is 18.9. The number of hydrogen-bond donors (Lipinski definition) is 1. The third-order valence-corrected chi connectivity index (χ3v) is 5.52. The summed E-state index contributed by atoms with van der Waals surface area (Å²) in [6, 6.07) is 21.1. The first-order valence-corrected chi connectivity index (χ1v) is 10.1. The van der Waals surface area contributed by atoms with Crippen molar-refractivity contribution < 1.29 is 9.53 Å². The molecule has 0 fully saturated rings. The Morgan fingerprint density at radius 3 is 2.68 bits per heavy atom. The van der Waals surface area contributed by atoms with Crippen LogP contribution >= 0.6 is 0 Å². The van der Waals surface area contributed by atoms with Gasteiger partial charge in [-0.15, -0.1) is 0 Å². The van der Waals surface area contributed by atoms with Gasteiger partial charge in [-0.2, -0.15) is 5.26 Å². The van der Waals surface area contributed by atoms with Gasteiger partial charge in [0.15, 0.2) is 0 Å². The quantitative estimate of drug-likeness (QED) is 0.531. The number of aryl methyl sites for hydroxylation is 1. The molecule has 1 aliphatic heterocycles. The van der Waals surface area contributed by atoms with Gasteiger partial charge >= 0.3 is 0 Å². The third-order valence-electron chi connectivity index (χ3n) is 5.52. The summed E-state index contributed by atoms with van der Waals surface area (Å²) in [6.45, 7) is 3.35. The van der Waals surface area contributed by atoms with Crippen molar-refractivity contribution in [2.24, 2.45) is 0 Å². The van der Waals surface area contributed by atoms with Gasteiger partial charge < -0.3 is 14.6 Å². The predicted octanol–water partition coefficient (Wildman–Crippen LogP) is 4.44. The Balaban J connectivity index is 1.45. The van der Waals surface area contributed by atoms with E-state index in [2.05, 4.69) is 34.2 Å². The number of imidazole rings is 1. The number of aromatic amines is 1. The molecular formula is C25H20N4O2. The first-order valence-electron chi connectivity index (χ1n) is 10.1. The van der Waals surface area contributed by atoms with Crippen LogP contribution in [0.25, 0.3) is 22.2 Å². The Kier molecular flexibility index (Phi) is 4.64. The number of nitrogens with one attached hydrogen (secondary N) is 1. The van der Waals surface area contributed by atoms with Crippen molar-refractivity contribution in [1.29, 1.82) is 5.26 Å². The van der Waals surface area contributed by atoms with Crippen LogP contribution in [0.5, 0.6) is 5.75 Å². The highest BCUT2D eigenvalue weighted by Crippen LogP contribution is 2.31. The lowest BCUT2D eigenvalue weighted by Gasteiger charge is -2.20. The zero-order valence-corrected chi connectivity index (χ0v) is 17.1. The van der Waals surface area contributed by atoms with Crippen LogP contribution in [0.2, 0.25) is 0 Å². The smallest absolute Gasteiger partial charge is 0.254 e. The Hall–Kier alpha value is -4.11. The number of amides is 1. The number of nitrogens with zero attached hydrogens (tertiary/aromatic N) is 3. The second kappa shape index (κ2) is 7.62. The number of benzene rings is 3. The monoisotopic (exact) mass is 408 g/mol. The molecule has 0 atom stereocenters. The number of carbonyl (C=O) groups is 1. The van der Waals surface area contributed by atoms with Gasteiger partial charge in [0.1, 0.15) is 18.2 Å². The molecule has 1 amide bonds. The molecule has 0 aliphatic carbocycles. The molecule has 6 heteroatoms. The number of nitriles is 1. The Morgan fingerprint density at radius 2 is 1.87 bits per heavy atom. The number of rotatable bonds is 2. The topological polar surface area (TPSA) is 82.0 Å². The van der Waals surface area contributed by atoms with Crippen LogP contribution in [-0.2, 0) is 6.54 Å². The lowest BCUT2D eigenvalue weighted by Crippen LogP contribution is -2.32. The molecule has 4 aromatic rings. The minimum atomic E-state index is -0.0688. The fraction of sp³-hybridized carbons (Fsp3) is 0.160. The highest BCUT2D eigenvalue weighted by Gasteiger charge is 2.21. The van der Waals surface area contributed by atoms with Gasteiger partial charge in [-0.05, 0) is 66.6 Å². The lowest BCUT2D eigenvalue weighted by molar-refractivity contribution is 0.0733. The third kappa shape index (κ3) is 3.62.